The fourth-order valence-corrected chi connectivity index (χ4v) is 2.86. The van der Waals surface area contributed by atoms with E-state index in [1.807, 2.05) is 0 Å². The molecule has 22 heavy (non-hydrogen) atoms. The second-order valence-corrected chi connectivity index (χ2v) is 6.02. The third-order valence-corrected chi connectivity index (χ3v) is 3.50. The number of ether oxygens (including phenoxy) is 1. The summed E-state index contributed by atoms with van der Waals surface area (Å²) >= 11 is 3.34. The largest absolute Gasteiger partial charge is 0.476 e. The van der Waals surface area contributed by atoms with Crippen molar-refractivity contribution in [3.63, 3.8) is 0 Å². The number of amides is 1. The first-order chi connectivity index (χ1) is 10.1. The standard InChI is InChI=1S/C13H13BrN4O4/c1-13(2)5-8(14)7-3-6(11(19)17-12(15)16)4-9(18(20)21)10(7)22-13/h3-5H,1-2H3,(H4,15,16,17,19). The van der Waals surface area contributed by atoms with Crippen molar-refractivity contribution in [1.82, 2.24) is 0 Å². The van der Waals surface area contributed by atoms with Crippen molar-refractivity contribution >= 4 is 38.0 Å². The normalized spacial score (nSPS) is 15.1. The average Bonchev–Trinajstić information content (AvgIpc) is 2.35. The lowest BCUT2D eigenvalue weighted by Crippen LogP contribution is -2.29. The molecule has 8 nitrogen and oxygen atoms in total. The molecule has 2 rings (SSSR count). The molecule has 0 fully saturated rings. The van der Waals surface area contributed by atoms with E-state index in [0.717, 1.165) is 6.07 Å². The number of hydrogen-bond donors (Lipinski definition) is 2. The first-order valence-electron chi connectivity index (χ1n) is 6.15. The molecule has 4 N–H and O–H groups in total. The maximum absolute atomic E-state index is 11.9. The fraction of sp³-hybridized carbons (Fsp3) is 0.231. The van der Waals surface area contributed by atoms with Crippen molar-refractivity contribution in [1.29, 1.82) is 0 Å². The van der Waals surface area contributed by atoms with E-state index in [0.29, 0.717) is 10.0 Å². The summed E-state index contributed by atoms with van der Waals surface area (Å²) in [6, 6.07) is 2.53. The summed E-state index contributed by atoms with van der Waals surface area (Å²) < 4.78 is 6.24. The Morgan fingerprint density at radius 2 is 2.05 bits per heavy atom. The van der Waals surface area contributed by atoms with Crippen LogP contribution in [0.25, 0.3) is 4.48 Å². The van der Waals surface area contributed by atoms with E-state index >= 15 is 0 Å². The van der Waals surface area contributed by atoms with Gasteiger partial charge in [0.15, 0.2) is 5.96 Å². The van der Waals surface area contributed by atoms with Gasteiger partial charge >= 0.3 is 5.69 Å². The molecule has 0 bridgehead atoms. The Kier molecular flexibility index (Phi) is 3.92. The van der Waals surface area contributed by atoms with Crippen LogP contribution in [0.3, 0.4) is 0 Å². The Hall–Kier alpha value is -2.42. The van der Waals surface area contributed by atoms with Gasteiger partial charge in [-0.1, -0.05) is 15.9 Å². The summed E-state index contributed by atoms with van der Waals surface area (Å²) in [6.45, 7) is 3.53. The average molecular weight is 369 g/mol. The van der Waals surface area contributed by atoms with Crippen LogP contribution in [0.5, 0.6) is 5.75 Å². The molecule has 0 spiro atoms. The first kappa shape index (κ1) is 16.0. The summed E-state index contributed by atoms with van der Waals surface area (Å²) in [5.74, 6) is -1.10. The molecule has 1 aliphatic rings. The van der Waals surface area contributed by atoms with Gasteiger partial charge < -0.3 is 16.2 Å². The minimum absolute atomic E-state index is 0.00694. The third-order valence-electron chi connectivity index (χ3n) is 2.84. The number of halogens is 1. The molecular formula is C13H13BrN4O4. The molecule has 0 atom stereocenters. The predicted molar refractivity (Wildman–Crippen MR) is 84.8 cm³/mol. The van der Waals surface area contributed by atoms with Gasteiger partial charge in [-0.2, -0.15) is 4.99 Å². The summed E-state index contributed by atoms with van der Waals surface area (Å²) in [4.78, 5) is 26.0. The molecule has 116 valence electrons. The zero-order valence-electron chi connectivity index (χ0n) is 11.8. The van der Waals surface area contributed by atoms with Gasteiger partial charge in [-0.05, 0) is 26.0 Å². The summed E-state index contributed by atoms with van der Waals surface area (Å²) in [6.07, 6.45) is 1.74. The van der Waals surface area contributed by atoms with Crippen LogP contribution in [0, 0.1) is 10.1 Å². The maximum Gasteiger partial charge on any atom is 0.312 e. The van der Waals surface area contributed by atoms with Gasteiger partial charge in [0.05, 0.1) is 4.92 Å². The topological polar surface area (TPSA) is 134 Å². The summed E-state index contributed by atoms with van der Waals surface area (Å²) in [7, 11) is 0. The molecule has 0 unspecified atom stereocenters. The van der Waals surface area contributed by atoms with Crippen molar-refractivity contribution < 1.29 is 14.5 Å². The zero-order chi connectivity index (χ0) is 16.7. The lowest BCUT2D eigenvalue weighted by Gasteiger charge is -2.29. The highest BCUT2D eigenvalue weighted by atomic mass is 79.9. The molecule has 0 radical (unpaired) electrons. The van der Waals surface area contributed by atoms with Crippen LogP contribution in [-0.4, -0.2) is 22.4 Å². The Morgan fingerprint density at radius 3 is 2.59 bits per heavy atom. The molecule has 0 saturated carbocycles. The predicted octanol–water partition coefficient (Wildman–Crippen LogP) is 1.92. The van der Waals surface area contributed by atoms with Gasteiger partial charge in [0, 0.05) is 21.7 Å². The second-order valence-electron chi connectivity index (χ2n) is 5.17. The van der Waals surface area contributed by atoms with E-state index in [4.69, 9.17) is 16.2 Å². The number of nitrogens with two attached hydrogens (primary N) is 2. The lowest BCUT2D eigenvalue weighted by atomic mass is 9.99. The van der Waals surface area contributed by atoms with Gasteiger partial charge in [-0.25, -0.2) is 0 Å². The van der Waals surface area contributed by atoms with Gasteiger partial charge in [-0.3, -0.25) is 14.9 Å². The van der Waals surface area contributed by atoms with Gasteiger partial charge in [0.25, 0.3) is 5.91 Å². The van der Waals surface area contributed by atoms with Crippen molar-refractivity contribution in [2.75, 3.05) is 0 Å². The SMILES string of the molecule is CC1(C)C=C(Br)c2cc(C(=O)N=C(N)N)cc([N+](=O)[O-])c2O1. The molecule has 0 aromatic heterocycles. The number of nitro benzene ring substituents is 1. The number of guanidine groups is 1. The fourth-order valence-electron chi connectivity index (χ4n) is 2.01. The molecule has 1 aliphatic heterocycles. The number of carbonyl (C=O) groups excluding carboxylic acids is 1. The number of fused-ring (bicyclic) bond motifs is 1. The van der Waals surface area contributed by atoms with E-state index in [-0.39, 0.29) is 17.0 Å². The Labute approximate surface area is 134 Å². The van der Waals surface area contributed by atoms with E-state index in [1.165, 1.54) is 6.07 Å². The summed E-state index contributed by atoms with van der Waals surface area (Å²) in [5, 5.41) is 11.3. The highest BCUT2D eigenvalue weighted by Gasteiger charge is 2.33. The molecule has 0 saturated heterocycles. The minimum atomic E-state index is -0.768. The molecule has 1 aromatic rings. The minimum Gasteiger partial charge on any atom is -0.476 e. The number of rotatable bonds is 2. The number of nitrogens with zero attached hydrogens (tertiary/aromatic N) is 2. The zero-order valence-corrected chi connectivity index (χ0v) is 13.4. The highest BCUT2D eigenvalue weighted by molar-refractivity contribution is 9.15. The van der Waals surface area contributed by atoms with E-state index in [2.05, 4.69) is 20.9 Å². The second kappa shape index (κ2) is 5.41. The Morgan fingerprint density at radius 1 is 1.41 bits per heavy atom. The third kappa shape index (κ3) is 3.08. The van der Waals surface area contributed by atoms with Crippen molar-refractivity contribution in [2.24, 2.45) is 16.5 Å². The number of carbonyl (C=O) groups is 1. The van der Waals surface area contributed by atoms with E-state index in [1.54, 1.807) is 19.9 Å². The van der Waals surface area contributed by atoms with Crippen LogP contribution in [-0.2, 0) is 0 Å². The first-order valence-corrected chi connectivity index (χ1v) is 6.94. The number of benzene rings is 1. The van der Waals surface area contributed by atoms with Crippen LogP contribution < -0.4 is 16.2 Å². The van der Waals surface area contributed by atoms with Crippen LogP contribution in [0.1, 0.15) is 29.8 Å². The van der Waals surface area contributed by atoms with E-state index < -0.39 is 22.4 Å². The quantitative estimate of drug-likeness (QED) is 0.354. The van der Waals surface area contributed by atoms with Crippen LogP contribution in [0.15, 0.2) is 23.2 Å². The molecule has 1 amide bonds. The van der Waals surface area contributed by atoms with Crippen LogP contribution in [0.2, 0.25) is 0 Å². The number of aliphatic imine (C=N–C) groups is 1. The van der Waals surface area contributed by atoms with E-state index in [9.17, 15) is 14.9 Å². The lowest BCUT2D eigenvalue weighted by molar-refractivity contribution is -0.386. The van der Waals surface area contributed by atoms with Gasteiger partial charge in [0.2, 0.25) is 5.75 Å². The monoisotopic (exact) mass is 368 g/mol. The van der Waals surface area contributed by atoms with Crippen molar-refractivity contribution in [2.45, 2.75) is 19.4 Å². The van der Waals surface area contributed by atoms with Crippen LogP contribution >= 0.6 is 15.9 Å². The van der Waals surface area contributed by atoms with Crippen molar-refractivity contribution in [3.8, 4) is 5.75 Å². The van der Waals surface area contributed by atoms with Crippen molar-refractivity contribution in [3.05, 3.63) is 39.4 Å². The smallest absolute Gasteiger partial charge is 0.312 e. The maximum atomic E-state index is 11.9. The number of nitro groups is 1. The molecule has 1 aromatic carbocycles. The Bertz CT molecular complexity index is 736. The van der Waals surface area contributed by atoms with Gasteiger partial charge in [-0.15, -0.1) is 0 Å². The molecule has 1 heterocycles. The highest BCUT2D eigenvalue weighted by Crippen LogP contribution is 2.45. The van der Waals surface area contributed by atoms with Gasteiger partial charge in [0.1, 0.15) is 5.60 Å². The van der Waals surface area contributed by atoms with Crippen LogP contribution in [0.4, 0.5) is 5.69 Å². The summed E-state index contributed by atoms with van der Waals surface area (Å²) in [5.41, 5.74) is 9.65. The molecule has 0 aliphatic carbocycles. The molecule has 9 heteroatoms. The Balaban J connectivity index is 2.68. The number of hydrogen-bond acceptors (Lipinski definition) is 4. The molecular weight excluding hydrogens is 356 g/mol.